The fraction of sp³-hybridized carbons (Fsp3) is 0.125. The van der Waals surface area contributed by atoms with E-state index in [1.54, 1.807) is 16.8 Å². The van der Waals surface area contributed by atoms with Crippen LogP contribution in [0.15, 0.2) is 59.7 Å². The fourth-order valence-electron chi connectivity index (χ4n) is 2.06. The molecule has 2 heterocycles. The summed E-state index contributed by atoms with van der Waals surface area (Å²) in [5.41, 5.74) is 4.53. The van der Waals surface area contributed by atoms with Gasteiger partial charge in [-0.25, -0.2) is 4.98 Å². The van der Waals surface area contributed by atoms with Crippen molar-refractivity contribution in [2.24, 2.45) is 0 Å². The van der Waals surface area contributed by atoms with E-state index in [-0.39, 0.29) is 5.91 Å². The molecular formula is C16H15N3OS. The molecule has 1 aromatic carbocycles. The molecule has 0 spiro atoms. The van der Waals surface area contributed by atoms with E-state index in [9.17, 15) is 4.79 Å². The molecule has 1 amide bonds. The van der Waals surface area contributed by atoms with Crippen LogP contribution in [0.25, 0.3) is 5.69 Å². The Labute approximate surface area is 127 Å². The van der Waals surface area contributed by atoms with Crippen LogP contribution in [0.4, 0.5) is 0 Å². The predicted octanol–water partition coefficient (Wildman–Crippen LogP) is 2.91. The molecule has 0 saturated carbocycles. The quantitative estimate of drug-likeness (QED) is 0.787. The SMILES string of the molecule is O=C(NCCc1cscn1)c1ccc(-n2cccc2)cc1. The molecule has 0 aliphatic rings. The average Bonchev–Trinajstić information content (AvgIpc) is 3.21. The lowest BCUT2D eigenvalue weighted by atomic mass is 10.2. The van der Waals surface area contributed by atoms with E-state index < -0.39 is 0 Å². The molecule has 0 aliphatic carbocycles. The minimum Gasteiger partial charge on any atom is -0.352 e. The second-order valence-corrected chi connectivity index (χ2v) is 5.34. The third-order valence-electron chi connectivity index (χ3n) is 3.18. The molecule has 0 fully saturated rings. The van der Waals surface area contributed by atoms with Crippen LogP contribution < -0.4 is 5.32 Å². The third kappa shape index (κ3) is 3.38. The van der Waals surface area contributed by atoms with E-state index in [1.807, 2.05) is 58.7 Å². The highest BCUT2D eigenvalue weighted by molar-refractivity contribution is 7.07. The van der Waals surface area contributed by atoms with E-state index >= 15 is 0 Å². The minimum absolute atomic E-state index is 0.0516. The number of carbonyl (C=O) groups is 1. The lowest BCUT2D eigenvalue weighted by molar-refractivity contribution is 0.0954. The molecule has 2 aromatic heterocycles. The van der Waals surface area contributed by atoms with Gasteiger partial charge in [-0.1, -0.05) is 0 Å². The summed E-state index contributed by atoms with van der Waals surface area (Å²) < 4.78 is 2.00. The van der Waals surface area contributed by atoms with Crippen molar-refractivity contribution in [3.63, 3.8) is 0 Å². The minimum atomic E-state index is -0.0516. The third-order valence-corrected chi connectivity index (χ3v) is 3.82. The number of hydrogen-bond acceptors (Lipinski definition) is 3. The zero-order valence-electron chi connectivity index (χ0n) is 11.4. The smallest absolute Gasteiger partial charge is 0.251 e. The van der Waals surface area contributed by atoms with Gasteiger partial charge in [0.15, 0.2) is 0 Å². The van der Waals surface area contributed by atoms with Crippen LogP contribution in [0.1, 0.15) is 16.1 Å². The number of benzene rings is 1. The Hall–Kier alpha value is -2.40. The summed E-state index contributed by atoms with van der Waals surface area (Å²) >= 11 is 1.57. The standard InChI is InChI=1S/C16H15N3OS/c20-16(17-8-7-14-11-21-12-18-14)13-3-5-15(6-4-13)19-9-1-2-10-19/h1-6,9-12H,7-8H2,(H,17,20). The topological polar surface area (TPSA) is 46.9 Å². The van der Waals surface area contributed by atoms with Crippen LogP contribution in [-0.4, -0.2) is 22.0 Å². The Kier molecular flexibility index (Phi) is 4.12. The highest BCUT2D eigenvalue weighted by Crippen LogP contribution is 2.10. The molecule has 106 valence electrons. The molecule has 3 rings (SSSR count). The molecule has 4 nitrogen and oxygen atoms in total. The Morgan fingerprint density at radius 3 is 2.62 bits per heavy atom. The highest BCUT2D eigenvalue weighted by Gasteiger charge is 2.05. The summed E-state index contributed by atoms with van der Waals surface area (Å²) in [5, 5.41) is 4.91. The highest BCUT2D eigenvalue weighted by atomic mass is 32.1. The Morgan fingerprint density at radius 1 is 1.19 bits per heavy atom. The maximum Gasteiger partial charge on any atom is 0.251 e. The molecule has 0 bridgehead atoms. The maximum absolute atomic E-state index is 12.0. The number of aromatic nitrogens is 2. The van der Waals surface area contributed by atoms with Crippen LogP contribution >= 0.6 is 11.3 Å². The van der Waals surface area contributed by atoms with Gasteiger partial charge in [-0.05, 0) is 36.4 Å². The normalized spacial score (nSPS) is 10.5. The summed E-state index contributed by atoms with van der Waals surface area (Å²) in [6, 6.07) is 11.5. The van der Waals surface area contributed by atoms with Gasteiger partial charge >= 0.3 is 0 Å². The predicted molar refractivity (Wildman–Crippen MR) is 83.9 cm³/mol. The van der Waals surface area contributed by atoms with Gasteiger partial charge in [0.25, 0.3) is 5.91 Å². The Morgan fingerprint density at radius 2 is 1.95 bits per heavy atom. The van der Waals surface area contributed by atoms with Gasteiger partial charge in [-0.3, -0.25) is 4.79 Å². The molecule has 5 heteroatoms. The van der Waals surface area contributed by atoms with Crippen molar-refractivity contribution in [2.45, 2.75) is 6.42 Å². The second-order valence-electron chi connectivity index (χ2n) is 4.62. The van der Waals surface area contributed by atoms with Crippen LogP contribution in [-0.2, 0) is 6.42 Å². The lowest BCUT2D eigenvalue weighted by Crippen LogP contribution is -2.25. The summed E-state index contributed by atoms with van der Waals surface area (Å²) in [6.45, 7) is 0.599. The number of nitrogens with zero attached hydrogens (tertiary/aromatic N) is 2. The monoisotopic (exact) mass is 297 g/mol. The summed E-state index contributed by atoms with van der Waals surface area (Å²) in [6.07, 6.45) is 4.71. The van der Waals surface area contributed by atoms with Gasteiger partial charge in [-0.2, -0.15) is 0 Å². The molecule has 0 radical (unpaired) electrons. The fourth-order valence-corrected chi connectivity index (χ4v) is 2.65. The molecule has 0 atom stereocenters. The van der Waals surface area contributed by atoms with Crippen molar-refractivity contribution in [1.29, 1.82) is 0 Å². The first-order chi connectivity index (χ1) is 10.3. The first-order valence-electron chi connectivity index (χ1n) is 6.71. The number of amides is 1. The van der Waals surface area contributed by atoms with Crippen molar-refractivity contribution in [1.82, 2.24) is 14.9 Å². The molecule has 0 unspecified atom stereocenters. The van der Waals surface area contributed by atoms with Crippen LogP contribution in [0.3, 0.4) is 0 Å². The number of thiazole rings is 1. The van der Waals surface area contributed by atoms with Crippen molar-refractivity contribution in [2.75, 3.05) is 6.54 Å². The summed E-state index contributed by atoms with van der Waals surface area (Å²) in [7, 11) is 0. The van der Waals surface area contributed by atoms with E-state index in [4.69, 9.17) is 0 Å². The van der Waals surface area contributed by atoms with E-state index in [0.717, 1.165) is 17.8 Å². The van der Waals surface area contributed by atoms with Gasteiger partial charge in [0.2, 0.25) is 0 Å². The van der Waals surface area contributed by atoms with Gasteiger partial charge in [-0.15, -0.1) is 11.3 Å². The number of nitrogens with one attached hydrogen (secondary N) is 1. The van der Waals surface area contributed by atoms with Crippen molar-refractivity contribution >= 4 is 17.2 Å². The van der Waals surface area contributed by atoms with Crippen molar-refractivity contribution < 1.29 is 4.79 Å². The van der Waals surface area contributed by atoms with Gasteiger partial charge in [0, 0.05) is 42.0 Å². The van der Waals surface area contributed by atoms with Gasteiger partial charge in [0.05, 0.1) is 11.2 Å². The van der Waals surface area contributed by atoms with Crippen LogP contribution in [0.5, 0.6) is 0 Å². The van der Waals surface area contributed by atoms with Gasteiger partial charge in [0.1, 0.15) is 0 Å². The first kappa shape index (κ1) is 13.6. The zero-order valence-corrected chi connectivity index (χ0v) is 12.2. The Bertz CT molecular complexity index is 688. The van der Waals surface area contributed by atoms with E-state index in [0.29, 0.717) is 12.1 Å². The molecule has 0 saturated heterocycles. The largest absolute Gasteiger partial charge is 0.352 e. The molecular weight excluding hydrogens is 282 g/mol. The summed E-state index contributed by atoms with van der Waals surface area (Å²) in [5.74, 6) is -0.0516. The Balaban J connectivity index is 1.57. The maximum atomic E-state index is 12.0. The van der Waals surface area contributed by atoms with Gasteiger partial charge < -0.3 is 9.88 Å². The first-order valence-corrected chi connectivity index (χ1v) is 7.66. The van der Waals surface area contributed by atoms with Crippen molar-refractivity contribution in [3.8, 4) is 5.69 Å². The zero-order chi connectivity index (χ0) is 14.5. The molecule has 0 aliphatic heterocycles. The number of carbonyl (C=O) groups excluding carboxylic acids is 1. The van der Waals surface area contributed by atoms with Crippen molar-refractivity contribution in [3.05, 3.63) is 70.9 Å². The molecule has 3 aromatic rings. The van der Waals surface area contributed by atoms with Crippen LogP contribution in [0.2, 0.25) is 0 Å². The average molecular weight is 297 g/mol. The molecule has 1 N–H and O–H groups in total. The summed E-state index contributed by atoms with van der Waals surface area (Å²) in [4.78, 5) is 16.2. The van der Waals surface area contributed by atoms with E-state index in [2.05, 4.69) is 10.3 Å². The second kappa shape index (κ2) is 6.37. The van der Waals surface area contributed by atoms with E-state index in [1.165, 1.54) is 0 Å². The lowest BCUT2D eigenvalue weighted by Gasteiger charge is -2.06. The number of hydrogen-bond donors (Lipinski definition) is 1. The number of rotatable bonds is 5. The molecule has 21 heavy (non-hydrogen) atoms. The van der Waals surface area contributed by atoms with Crippen LogP contribution in [0, 0.1) is 0 Å².